The van der Waals surface area contributed by atoms with Crippen molar-refractivity contribution in [3.63, 3.8) is 0 Å². The van der Waals surface area contributed by atoms with Crippen LogP contribution in [0.1, 0.15) is 20.7 Å². The second kappa shape index (κ2) is 18.0. The molecule has 1 radical (unpaired) electrons. The molecule has 0 bridgehead atoms. The van der Waals surface area contributed by atoms with Crippen LogP contribution in [-0.2, 0) is 17.1 Å². The van der Waals surface area contributed by atoms with Crippen LogP contribution < -0.4 is 10.2 Å². The maximum atomic E-state index is 12.6. The summed E-state index contributed by atoms with van der Waals surface area (Å²) in [5, 5.41) is 20.1. The van der Waals surface area contributed by atoms with E-state index in [1.807, 2.05) is 36.4 Å². The van der Waals surface area contributed by atoms with E-state index >= 15 is 0 Å². The molecule has 0 fully saturated rings. The number of carbonyl (C=O) groups excluding carboxylic acids is 2. The third kappa shape index (κ3) is 12.6. The molecule has 6 nitrogen and oxygen atoms in total. The van der Waals surface area contributed by atoms with Crippen LogP contribution >= 0.6 is 23.2 Å². The Morgan fingerprint density at radius 2 is 0.914 bits per heavy atom. The monoisotopic (exact) mass is 567 g/mol. The zero-order valence-corrected chi connectivity index (χ0v) is 20.0. The van der Waals surface area contributed by atoms with Gasteiger partial charge in [0.15, 0.2) is 0 Å². The fourth-order valence-corrected chi connectivity index (χ4v) is 2.49. The first-order valence-electron chi connectivity index (χ1n) is 9.26. The summed E-state index contributed by atoms with van der Waals surface area (Å²) >= 11 is 10.7. The fourth-order valence-electron chi connectivity index (χ4n) is 2.01. The smallest absolute Gasteiger partial charge is 0.545 e. The standard InChI is InChI=1S/2C7H4ClFO2.2C5H5N.Cu/c2*8-4-2-1-3-5(9)6(4)7(10)11;2*1-2-4-6-5-3-1;/h2*1-3H,(H,10,11);2*1-5H;/q;;;;+2/p-2. The molecule has 11 heteroatoms. The number of benzene rings is 2. The van der Waals surface area contributed by atoms with Gasteiger partial charge in [-0.15, -0.1) is 0 Å². The molecule has 2 aromatic carbocycles. The number of aromatic carboxylic acids is 2. The maximum absolute atomic E-state index is 12.6. The third-order valence-electron chi connectivity index (χ3n) is 3.47. The molecule has 2 aromatic heterocycles. The Hall–Kier alpha value is -3.36. The van der Waals surface area contributed by atoms with Crippen LogP contribution in [0.2, 0.25) is 10.0 Å². The van der Waals surface area contributed by atoms with Crippen molar-refractivity contribution in [1.29, 1.82) is 0 Å². The van der Waals surface area contributed by atoms with Crippen LogP contribution in [0.3, 0.4) is 0 Å². The Balaban J connectivity index is 0.000000452. The zero-order chi connectivity index (χ0) is 25.3. The Kier molecular flexibility index (Phi) is 16.3. The molecular weight excluding hydrogens is 553 g/mol. The quantitative estimate of drug-likeness (QED) is 0.340. The van der Waals surface area contributed by atoms with Crippen LogP contribution in [0.4, 0.5) is 8.78 Å². The van der Waals surface area contributed by atoms with Crippen molar-refractivity contribution < 1.29 is 45.7 Å². The zero-order valence-electron chi connectivity index (χ0n) is 17.6. The Morgan fingerprint density at radius 1 is 0.600 bits per heavy atom. The third-order valence-corrected chi connectivity index (χ3v) is 4.10. The van der Waals surface area contributed by atoms with E-state index in [9.17, 15) is 28.6 Å². The van der Waals surface area contributed by atoms with Gasteiger partial charge < -0.3 is 19.8 Å². The van der Waals surface area contributed by atoms with Crippen molar-refractivity contribution in [2.75, 3.05) is 0 Å². The van der Waals surface area contributed by atoms with Gasteiger partial charge in [-0.25, -0.2) is 8.78 Å². The van der Waals surface area contributed by atoms with Crippen LogP contribution in [0, 0.1) is 11.6 Å². The first-order valence-corrected chi connectivity index (χ1v) is 10.0. The van der Waals surface area contributed by atoms with Gasteiger partial charge in [-0.2, -0.15) is 0 Å². The molecule has 185 valence electrons. The molecule has 2 heterocycles. The van der Waals surface area contributed by atoms with Crippen LogP contribution in [-0.4, -0.2) is 21.9 Å². The van der Waals surface area contributed by atoms with Gasteiger partial charge in [-0.1, -0.05) is 47.5 Å². The van der Waals surface area contributed by atoms with E-state index in [1.165, 1.54) is 24.3 Å². The van der Waals surface area contributed by atoms with Crippen molar-refractivity contribution in [2.24, 2.45) is 0 Å². The van der Waals surface area contributed by atoms with Crippen molar-refractivity contribution >= 4 is 35.1 Å². The summed E-state index contributed by atoms with van der Waals surface area (Å²) in [6, 6.07) is 18.7. The number of pyridine rings is 2. The van der Waals surface area contributed by atoms with Gasteiger partial charge >= 0.3 is 17.1 Å². The predicted molar refractivity (Wildman–Crippen MR) is 120 cm³/mol. The van der Waals surface area contributed by atoms with E-state index in [0.717, 1.165) is 12.1 Å². The number of hydrogen-bond donors (Lipinski definition) is 0. The molecule has 4 aromatic rings. The predicted octanol–water partition coefficient (Wildman–Crippen LogP) is 3.85. The van der Waals surface area contributed by atoms with Crippen molar-refractivity contribution in [3.8, 4) is 0 Å². The maximum Gasteiger partial charge on any atom is 2.00 e. The molecule has 0 N–H and O–H groups in total. The Labute approximate surface area is 220 Å². The molecule has 0 unspecified atom stereocenters. The van der Waals surface area contributed by atoms with Gasteiger partial charge in [0, 0.05) is 24.8 Å². The molecular formula is C24H16Cl2CuF2N2O4. The Bertz CT molecular complexity index is 988. The summed E-state index contributed by atoms with van der Waals surface area (Å²) in [5.41, 5.74) is -1.18. The van der Waals surface area contributed by atoms with E-state index in [0.29, 0.717) is 0 Å². The molecule has 4 rings (SSSR count). The summed E-state index contributed by atoms with van der Waals surface area (Å²) < 4.78 is 25.2. The van der Waals surface area contributed by atoms with Gasteiger partial charge in [0.1, 0.15) is 11.6 Å². The number of hydrogen-bond acceptors (Lipinski definition) is 6. The molecule has 0 amide bonds. The second-order valence-corrected chi connectivity index (χ2v) is 6.63. The minimum absolute atomic E-state index is 0. The normalized spacial score (nSPS) is 8.80. The number of carbonyl (C=O) groups is 2. The average Bonchev–Trinajstić information content (AvgIpc) is 2.82. The van der Waals surface area contributed by atoms with Gasteiger partial charge in [0.05, 0.1) is 33.1 Å². The molecule has 0 atom stereocenters. The van der Waals surface area contributed by atoms with Crippen molar-refractivity contribution in [1.82, 2.24) is 9.97 Å². The van der Waals surface area contributed by atoms with Gasteiger partial charge in [0.25, 0.3) is 0 Å². The molecule has 0 saturated carbocycles. The van der Waals surface area contributed by atoms with Crippen LogP contribution in [0.25, 0.3) is 0 Å². The molecule has 0 spiro atoms. The number of rotatable bonds is 2. The van der Waals surface area contributed by atoms with Crippen molar-refractivity contribution in [3.05, 3.63) is 130 Å². The first-order chi connectivity index (χ1) is 16.3. The van der Waals surface area contributed by atoms with Gasteiger partial charge in [-0.05, 0) is 48.5 Å². The van der Waals surface area contributed by atoms with Crippen LogP contribution in [0.15, 0.2) is 97.6 Å². The van der Waals surface area contributed by atoms with E-state index in [2.05, 4.69) is 9.97 Å². The first kappa shape index (κ1) is 31.6. The van der Waals surface area contributed by atoms with E-state index < -0.39 is 34.7 Å². The molecule has 35 heavy (non-hydrogen) atoms. The number of aromatic nitrogens is 2. The topological polar surface area (TPSA) is 106 Å². The summed E-state index contributed by atoms with van der Waals surface area (Å²) in [4.78, 5) is 28.0. The number of carboxylic acids is 2. The van der Waals surface area contributed by atoms with E-state index in [1.54, 1.807) is 24.8 Å². The summed E-state index contributed by atoms with van der Waals surface area (Å²) in [6.07, 6.45) is 7.00. The van der Waals surface area contributed by atoms with Crippen LogP contribution in [0.5, 0.6) is 0 Å². The molecule has 0 aliphatic rings. The summed E-state index contributed by atoms with van der Waals surface area (Å²) in [6.45, 7) is 0. The SMILES string of the molecule is O=C([O-])c1c(F)cccc1Cl.O=C([O-])c1c(F)cccc1Cl.[Cu+2].c1ccncc1.c1ccncc1. The molecule has 0 aliphatic heterocycles. The molecule has 0 saturated heterocycles. The minimum atomic E-state index is -1.60. The second-order valence-electron chi connectivity index (χ2n) is 5.82. The van der Waals surface area contributed by atoms with Gasteiger partial charge in [-0.3, -0.25) is 9.97 Å². The summed E-state index contributed by atoms with van der Waals surface area (Å²) in [5.74, 6) is -4.96. The van der Waals surface area contributed by atoms with Gasteiger partial charge in [0.2, 0.25) is 0 Å². The average molecular weight is 569 g/mol. The Morgan fingerprint density at radius 3 is 1.06 bits per heavy atom. The number of nitrogens with zero attached hydrogens (tertiary/aromatic N) is 2. The summed E-state index contributed by atoms with van der Waals surface area (Å²) in [7, 11) is 0. The minimum Gasteiger partial charge on any atom is -0.545 e. The number of carboxylic acid groups (broad SMARTS) is 2. The fraction of sp³-hybridized carbons (Fsp3) is 0. The van der Waals surface area contributed by atoms with E-state index in [-0.39, 0.29) is 27.1 Å². The van der Waals surface area contributed by atoms with E-state index in [4.69, 9.17) is 23.2 Å². The molecule has 0 aliphatic carbocycles. The van der Waals surface area contributed by atoms with Crippen molar-refractivity contribution in [2.45, 2.75) is 0 Å². The largest absolute Gasteiger partial charge is 2.00 e. The number of halogens is 4.